The minimum atomic E-state index is -2.00. The molecule has 0 N–H and O–H groups in total. The fourth-order valence-corrected chi connectivity index (χ4v) is 4.69. The zero-order valence-corrected chi connectivity index (χ0v) is 18.1. The van der Waals surface area contributed by atoms with E-state index in [-0.39, 0.29) is 44.3 Å². The molecule has 23 heavy (non-hydrogen) atoms. The zero-order valence-electron chi connectivity index (χ0n) is 12.8. The molecule has 2 atom stereocenters. The first kappa shape index (κ1) is 23.5. The van der Waals surface area contributed by atoms with Crippen molar-refractivity contribution in [3.05, 3.63) is 46.9 Å². The number of hydrogen-bond donors (Lipinski definition) is 0. The van der Waals surface area contributed by atoms with E-state index >= 15 is 0 Å². The first-order valence-corrected chi connectivity index (χ1v) is 9.60. The second-order valence-corrected chi connectivity index (χ2v) is 7.38. The molecule has 1 rings (SSSR count). The van der Waals surface area contributed by atoms with Gasteiger partial charge in [0.1, 0.15) is 7.95 Å². The van der Waals surface area contributed by atoms with Crippen LogP contribution >= 0.6 is 31.2 Å². The fourth-order valence-electron chi connectivity index (χ4n) is 2.16. The molecule has 1 aromatic carbocycles. The third kappa shape index (κ3) is 7.94. The Morgan fingerprint density at radius 2 is 1.74 bits per heavy atom. The summed E-state index contributed by atoms with van der Waals surface area (Å²) in [6.45, 7) is 4.97. The van der Waals surface area contributed by atoms with Crippen molar-refractivity contribution in [1.29, 1.82) is 0 Å². The second kappa shape index (κ2) is 12.8. The molecule has 0 saturated heterocycles. The van der Waals surface area contributed by atoms with E-state index in [0.29, 0.717) is 37.4 Å². The molecule has 0 aromatic heterocycles. The van der Waals surface area contributed by atoms with Gasteiger partial charge in [-0.25, -0.2) is 0 Å². The van der Waals surface area contributed by atoms with Crippen LogP contribution in [0.25, 0.3) is 0 Å². The van der Waals surface area contributed by atoms with Crippen LogP contribution in [-0.2, 0) is 37.3 Å². The first-order chi connectivity index (χ1) is 10.5. The molecular formula is C14H20Cl2N2O3PY-. The van der Waals surface area contributed by atoms with Crippen LogP contribution in [0.3, 0.4) is 0 Å². The normalized spacial score (nSPS) is 13.4. The Labute approximate surface area is 173 Å². The van der Waals surface area contributed by atoms with Gasteiger partial charge in [0.05, 0.1) is 4.92 Å². The number of rotatable bonds is 10. The van der Waals surface area contributed by atoms with E-state index in [4.69, 9.17) is 23.2 Å². The Hall–Kier alpha value is 0.494. The van der Waals surface area contributed by atoms with Crippen LogP contribution in [-0.4, -0.2) is 40.6 Å². The molecule has 0 bridgehead atoms. The quantitative estimate of drug-likeness (QED) is 0.175. The van der Waals surface area contributed by atoms with E-state index < -0.39 is 12.9 Å². The maximum Gasteiger partial charge on any atom is 0.269 e. The van der Waals surface area contributed by atoms with E-state index in [1.54, 1.807) is 12.1 Å². The summed E-state index contributed by atoms with van der Waals surface area (Å²) in [6, 6.07) is 6.34. The molecule has 1 radical (unpaired) electrons. The summed E-state index contributed by atoms with van der Waals surface area (Å²) in [5, 5.41) is 10.7. The van der Waals surface area contributed by atoms with Crippen LogP contribution in [0.4, 0.5) is 5.69 Å². The zero-order chi connectivity index (χ0) is 16.5. The summed E-state index contributed by atoms with van der Waals surface area (Å²) in [5.41, 5.74) is 0.959. The summed E-state index contributed by atoms with van der Waals surface area (Å²) in [7, 11) is -2.00. The van der Waals surface area contributed by atoms with Crippen molar-refractivity contribution in [2.45, 2.75) is 12.3 Å². The standard InChI is InChI=1S/C14H20Cl2N2O3P.Y/c1-2-12(11-22(21)17(9-7-15)10-8-16)13-3-5-14(6-4-13)18(19)20;/h3-6,12,22H,1-2,7-11H2;/q-1;. The number of nitro groups is 1. The number of alkyl halides is 2. The van der Waals surface area contributed by atoms with Gasteiger partial charge in [0, 0.05) is 75.9 Å². The average molecular weight is 455 g/mol. The van der Waals surface area contributed by atoms with Crippen molar-refractivity contribution < 1.29 is 42.2 Å². The molecule has 0 saturated carbocycles. The van der Waals surface area contributed by atoms with E-state index in [9.17, 15) is 14.7 Å². The molecule has 0 aliphatic heterocycles. The van der Waals surface area contributed by atoms with Crippen molar-refractivity contribution in [3.8, 4) is 0 Å². The van der Waals surface area contributed by atoms with Gasteiger partial charge in [0.2, 0.25) is 0 Å². The minimum absolute atomic E-state index is 0. The third-order valence-corrected chi connectivity index (χ3v) is 5.74. The molecule has 0 amide bonds. The Balaban J connectivity index is 0.00000484. The van der Waals surface area contributed by atoms with Crippen molar-refractivity contribution in [2.24, 2.45) is 0 Å². The molecule has 1 aromatic rings. The van der Waals surface area contributed by atoms with Crippen LogP contribution in [0.5, 0.6) is 0 Å². The second-order valence-electron chi connectivity index (χ2n) is 4.80. The van der Waals surface area contributed by atoms with E-state index in [2.05, 4.69) is 6.92 Å². The van der Waals surface area contributed by atoms with Crippen LogP contribution in [0.1, 0.15) is 17.9 Å². The largest absolute Gasteiger partial charge is 0.343 e. The van der Waals surface area contributed by atoms with E-state index in [1.165, 1.54) is 12.1 Å². The van der Waals surface area contributed by atoms with Gasteiger partial charge < -0.3 is 11.5 Å². The topological polar surface area (TPSA) is 63.5 Å². The molecule has 0 fully saturated rings. The predicted molar refractivity (Wildman–Crippen MR) is 92.7 cm³/mol. The maximum absolute atomic E-state index is 12.5. The van der Waals surface area contributed by atoms with Gasteiger partial charge in [0.15, 0.2) is 0 Å². The average Bonchev–Trinajstić information content (AvgIpc) is 2.52. The number of non-ortho nitro benzene ring substituents is 1. The summed E-state index contributed by atoms with van der Waals surface area (Å²) in [5.74, 6) is 0.806. The van der Waals surface area contributed by atoms with Gasteiger partial charge in [0.25, 0.3) is 5.69 Å². The van der Waals surface area contributed by atoms with Crippen molar-refractivity contribution in [1.82, 2.24) is 4.67 Å². The molecule has 2 unspecified atom stereocenters. The number of nitrogens with zero attached hydrogens (tertiary/aromatic N) is 2. The molecule has 5 nitrogen and oxygen atoms in total. The van der Waals surface area contributed by atoms with Crippen LogP contribution in [0, 0.1) is 17.0 Å². The maximum atomic E-state index is 12.5. The molecular weight excluding hydrogens is 435 g/mol. The first-order valence-electron chi connectivity index (χ1n) is 6.96. The molecule has 0 heterocycles. The fraction of sp³-hybridized carbons (Fsp3) is 0.500. The molecule has 9 heteroatoms. The number of benzene rings is 1. The smallest absolute Gasteiger partial charge is 0.269 e. The van der Waals surface area contributed by atoms with Crippen molar-refractivity contribution in [3.63, 3.8) is 0 Å². The predicted octanol–water partition coefficient (Wildman–Crippen LogP) is 4.15. The number of halogens is 2. The van der Waals surface area contributed by atoms with Crippen LogP contribution in [0.2, 0.25) is 0 Å². The van der Waals surface area contributed by atoms with E-state index in [1.807, 2.05) is 4.67 Å². The van der Waals surface area contributed by atoms with Crippen molar-refractivity contribution >= 4 is 36.8 Å². The Kier molecular flexibility index (Phi) is 13.1. The molecule has 0 aliphatic rings. The van der Waals surface area contributed by atoms with Gasteiger partial charge in [-0.2, -0.15) is 6.42 Å². The summed E-state index contributed by atoms with van der Waals surface area (Å²) >= 11 is 11.5. The van der Waals surface area contributed by atoms with Gasteiger partial charge >= 0.3 is 0 Å². The summed E-state index contributed by atoms with van der Waals surface area (Å²) < 4.78 is 14.3. The SMILES string of the molecule is [CH2-]CC(C[PH](=O)N(CCCl)CCCl)c1ccc([N+](=O)[O-])cc1.[Y]. The molecule has 0 spiro atoms. The minimum Gasteiger partial charge on any atom is -0.343 e. The van der Waals surface area contributed by atoms with Crippen LogP contribution in [0.15, 0.2) is 24.3 Å². The number of hydrogen-bond acceptors (Lipinski definition) is 3. The summed E-state index contributed by atoms with van der Waals surface area (Å²) in [6.07, 6.45) is 1.05. The van der Waals surface area contributed by atoms with Crippen LogP contribution < -0.4 is 0 Å². The number of nitro benzene ring substituents is 1. The van der Waals surface area contributed by atoms with Gasteiger partial charge in [-0.1, -0.05) is 12.1 Å². The van der Waals surface area contributed by atoms with E-state index in [0.717, 1.165) is 5.56 Å². The third-order valence-electron chi connectivity index (χ3n) is 3.41. The summed E-state index contributed by atoms with van der Waals surface area (Å²) in [4.78, 5) is 10.2. The molecule has 0 aliphatic carbocycles. The van der Waals surface area contributed by atoms with Gasteiger partial charge in [-0.15, -0.1) is 23.2 Å². The molecule has 127 valence electrons. The van der Waals surface area contributed by atoms with Gasteiger partial charge in [-0.3, -0.25) is 14.8 Å². The van der Waals surface area contributed by atoms with Gasteiger partial charge in [-0.05, 0) is 11.5 Å². The van der Waals surface area contributed by atoms with Crippen molar-refractivity contribution in [2.75, 3.05) is 31.0 Å². The monoisotopic (exact) mass is 454 g/mol. The Morgan fingerprint density at radius 1 is 1.22 bits per heavy atom. The Bertz CT molecular complexity index is 499. The Morgan fingerprint density at radius 3 is 2.13 bits per heavy atom.